The Kier molecular flexibility index (Phi) is 8.56. The lowest BCUT2D eigenvalue weighted by Crippen LogP contribution is -2.48. The van der Waals surface area contributed by atoms with Gasteiger partial charge in [-0.2, -0.15) is 0 Å². The maximum absolute atomic E-state index is 13.3. The third-order valence-corrected chi connectivity index (χ3v) is 6.27. The van der Waals surface area contributed by atoms with Crippen LogP contribution in [-0.2, 0) is 22.6 Å². The molecule has 0 saturated heterocycles. The molecule has 1 heterocycles. The Bertz CT molecular complexity index is 1340. The number of anilines is 2. The third-order valence-electron chi connectivity index (χ3n) is 5.26. The van der Waals surface area contributed by atoms with Crippen molar-refractivity contribution in [1.82, 2.24) is 10.2 Å². The van der Waals surface area contributed by atoms with Crippen molar-refractivity contribution >= 4 is 46.2 Å². The maximum Gasteiger partial charge on any atom is 0.246 e. The van der Waals surface area contributed by atoms with Crippen molar-refractivity contribution < 1.29 is 14.3 Å². The molecule has 0 aliphatic rings. The molecule has 4 N–H and O–H groups in total. The summed E-state index contributed by atoms with van der Waals surface area (Å²) in [4.78, 5) is 27.4. The van der Waals surface area contributed by atoms with Gasteiger partial charge in [0.15, 0.2) is 3.95 Å². The quantitative estimate of drug-likeness (QED) is 0.269. The summed E-state index contributed by atoms with van der Waals surface area (Å²) in [5.74, 6) is -0.0424. The molecule has 4 rings (SSSR count). The Morgan fingerprint density at radius 3 is 2.31 bits per heavy atom. The number of carbonyl (C=O) groups is 2. The SMILES string of the molecule is N[C@@H](Cc1ccc(OCc2ccccc2)cc1)C(=O)N(CC(=O)Nc1n[nH]c(=S)s1)c1ccccc1. The number of nitrogens with two attached hydrogens (primary N) is 1. The van der Waals surface area contributed by atoms with Crippen LogP contribution in [0.1, 0.15) is 11.1 Å². The summed E-state index contributed by atoms with van der Waals surface area (Å²) in [5.41, 5.74) is 8.85. The molecule has 0 radical (unpaired) electrons. The van der Waals surface area contributed by atoms with Gasteiger partial charge in [0.2, 0.25) is 16.9 Å². The smallest absolute Gasteiger partial charge is 0.246 e. The number of para-hydroxylation sites is 1. The first-order chi connectivity index (χ1) is 17.5. The molecule has 10 heteroatoms. The number of H-pyrrole nitrogens is 1. The Hall–Kier alpha value is -3.86. The summed E-state index contributed by atoms with van der Waals surface area (Å²) in [7, 11) is 0. The lowest BCUT2D eigenvalue weighted by atomic mass is 10.0. The van der Waals surface area contributed by atoms with E-state index >= 15 is 0 Å². The predicted octanol–water partition coefficient (Wildman–Crippen LogP) is 4.32. The second-order valence-corrected chi connectivity index (χ2v) is 9.62. The Balaban J connectivity index is 1.39. The fourth-order valence-electron chi connectivity index (χ4n) is 3.49. The highest BCUT2D eigenvalue weighted by molar-refractivity contribution is 7.73. The Morgan fingerprint density at radius 1 is 1.00 bits per heavy atom. The second kappa shape index (κ2) is 12.2. The molecule has 1 aromatic heterocycles. The van der Waals surface area contributed by atoms with Gasteiger partial charge in [0, 0.05) is 5.69 Å². The van der Waals surface area contributed by atoms with Crippen LogP contribution in [0.3, 0.4) is 0 Å². The van der Waals surface area contributed by atoms with E-state index in [9.17, 15) is 9.59 Å². The zero-order valence-corrected chi connectivity index (χ0v) is 20.9. The number of ether oxygens (including phenoxy) is 1. The minimum absolute atomic E-state index is 0.213. The standard InChI is InChI=1S/C26H25N5O3S2/c27-22(15-18-11-13-21(14-12-18)34-17-19-7-3-1-4-8-19)24(33)31(20-9-5-2-6-10-20)16-23(32)28-25-29-30-26(35)36-25/h1-14,22H,15-17,27H2,(H,30,35)(H,28,29,32)/t22-/m0/s1. The van der Waals surface area contributed by atoms with Gasteiger partial charge in [-0.1, -0.05) is 72.0 Å². The first kappa shape index (κ1) is 25.2. The van der Waals surface area contributed by atoms with Crippen LogP contribution in [0.5, 0.6) is 5.75 Å². The Labute approximate surface area is 217 Å². The molecule has 0 unspecified atom stereocenters. The molecular formula is C26H25N5O3S2. The number of carbonyl (C=O) groups excluding carboxylic acids is 2. The molecule has 0 spiro atoms. The van der Waals surface area contributed by atoms with E-state index in [1.807, 2.05) is 60.7 Å². The molecular weight excluding hydrogens is 494 g/mol. The van der Waals surface area contributed by atoms with Crippen LogP contribution in [-0.4, -0.2) is 34.6 Å². The number of amides is 2. The molecule has 1 atom stereocenters. The summed E-state index contributed by atoms with van der Waals surface area (Å²) in [5, 5.41) is 9.53. The number of hydrogen-bond acceptors (Lipinski definition) is 7. The highest BCUT2D eigenvalue weighted by Gasteiger charge is 2.25. The molecule has 36 heavy (non-hydrogen) atoms. The summed E-state index contributed by atoms with van der Waals surface area (Å²) < 4.78 is 6.27. The van der Waals surface area contributed by atoms with E-state index in [4.69, 9.17) is 22.7 Å². The lowest BCUT2D eigenvalue weighted by molar-refractivity contribution is -0.122. The van der Waals surface area contributed by atoms with E-state index < -0.39 is 11.9 Å². The number of nitrogens with zero attached hydrogens (tertiary/aromatic N) is 2. The largest absolute Gasteiger partial charge is 0.489 e. The normalized spacial score (nSPS) is 11.5. The third kappa shape index (κ3) is 7.08. The Morgan fingerprint density at radius 2 is 1.67 bits per heavy atom. The van der Waals surface area contributed by atoms with Gasteiger partial charge in [0.1, 0.15) is 18.9 Å². The van der Waals surface area contributed by atoms with Crippen LogP contribution in [0.2, 0.25) is 0 Å². The van der Waals surface area contributed by atoms with Crippen LogP contribution < -0.4 is 20.7 Å². The zero-order chi connectivity index (χ0) is 25.3. The van der Waals surface area contributed by atoms with Gasteiger partial charge >= 0.3 is 0 Å². The summed E-state index contributed by atoms with van der Waals surface area (Å²) >= 11 is 6.13. The average Bonchev–Trinajstić information content (AvgIpc) is 3.31. The first-order valence-corrected chi connectivity index (χ1v) is 12.4. The van der Waals surface area contributed by atoms with Gasteiger partial charge in [-0.05, 0) is 54.0 Å². The van der Waals surface area contributed by atoms with Crippen molar-refractivity contribution in [3.05, 3.63) is 100 Å². The van der Waals surface area contributed by atoms with Crippen LogP contribution >= 0.6 is 23.6 Å². The molecule has 0 fully saturated rings. The summed E-state index contributed by atoms with van der Waals surface area (Å²) in [6.07, 6.45) is 0.309. The maximum atomic E-state index is 13.3. The molecule has 0 bridgehead atoms. The number of hydrogen-bond donors (Lipinski definition) is 3. The lowest BCUT2D eigenvalue weighted by Gasteiger charge is -2.25. The average molecular weight is 520 g/mol. The van der Waals surface area contributed by atoms with Crippen molar-refractivity contribution in [3.63, 3.8) is 0 Å². The van der Waals surface area contributed by atoms with Crippen LogP contribution in [0.4, 0.5) is 10.8 Å². The molecule has 0 aliphatic carbocycles. The molecule has 4 aromatic rings. The highest BCUT2D eigenvalue weighted by atomic mass is 32.1. The molecule has 8 nitrogen and oxygen atoms in total. The molecule has 0 saturated carbocycles. The van der Waals surface area contributed by atoms with Crippen molar-refractivity contribution in [2.75, 3.05) is 16.8 Å². The van der Waals surface area contributed by atoms with E-state index in [1.165, 1.54) is 4.90 Å². The number of aromatic amines is 1. The fourth-order valence-corrected chi connectivity index (χ4v) is 4.30. The molecule has 184 valence electrons. The summed E-state index contributed by atoms with van der Waals surface area (Å²) in [6, 6.07) is 25.5. The number of benzene rings is 3. The number of nitrogens with one attached hydrogen (secondary N) is 2. The fraction of sp³-hybridized carbons (Fsp3) is 0.154. The minimum Gasteiger partial charge on any atom is -0.489 e. The van der Waals surface area contributed by atoms with E-state index in [1.54, 1.807) is 24.3 Å². The van der Waals surface area contributed by atoms with Gasteiger partial charge < -0.3 is 15.4 Å². The second-order valence-electron chi connectivity index (χ2n) is 7.96. The summed E-state index contributed by atoms with van der Waals surface area (Å²) in [6.45, 7) is 0.258. The number of aromatic nitrogens is 2. The van der Waals surface area contributed by atoms with E-state index in [-0.39, 0.29) is 12.5 Å². The van der Waals surface area contributed by atoms with Crippen LogP contribution in [0.25, 0.3) is 0 Å². The zero-order valence-electron chi connectivity index (χ0n) is 19.3. The van der Waals surface area contributed by atoms with Crippen molar-refractivity contribution in [1.29, 1.82) is 0 Å². The van der Waals surface area contributed by atoms with Gasteiger partial charge in [0.25, 0.3) is 0 Å². The van der Waals surface area contributed by atoms with Gasteiger partial charge in [-0.25, -0.2) is 0 Å². The van der Waals surface area contributed by atoms with E-state index in [0.29, 0.717) is 27.8 Å². The van der Waals surface area contributed by atoms with Crippen molar-refractivity contribution in [2.45, 2.75) is 19.1 Å². The van der Waals surface area contributed by atoms with E-state index in [0.717, 1.165) is 28.2 Å². The van der Waals surface area contributed by atoms with Crippen molar-refractivity contribution in [3.8, 4) is 5.75 Å². The topological polar surface area (TPSA) is 113 Å². The van der Waals surface area contributed by atoms with Gasteiger partial charge in [-0.15, -0.1) is 5.10 Å². The van der Waals surface area contributed by atoms with Gasteiger partial charge in [0.05, 0.1) is 6.04 Å². The molecule has 0 aliphatic heterocycles. The van der Waals surface area contributed by atoms with Crippen LogP contribution in [0, 0.1) is 3.95 Å². The number of rotatable bonds is 10. The first-order valence-electron chi connectivity index (χ1n) is 11.2. The van der Waals surface area contributed by atoms with Crippen molar-refractivity contribution in [2.24, 2.45) is 5.73 Å². The van der Waals surface area contributed by atoms with Gasteiger partial charge in [-0.3, -0.25) is 20.0 Å². The highest BCUT2D eigenvalue weighted by Crippen LogP contribution is 2.19. The molecule has 3 aromatic carbocycles. The minimum atomic E-state index is -0.846. The van der Waals surface area contributed by atoms with Crippen LogP contribution in [0.15, 0.2) is 84.9 Å². The predicted molar refractivity (Wildman–Crippen MR) is 144 cm³/mol. The van der Waals surface area contributed by atoms with E-state index in [2.05, 4.69) is 15.5 Å². The molecule has 2 amide bonds. The monoisotopic (exact) mass is 519 g/mol.